The van der Waals surface area contributed by atoms with Gasteiger partial charge < -0.3 is 9.15 Å². The second-order valence-corrected chi connectivity index (χ2v) is 5.99. The Morgan fingerprint density at radius 1 is 1.00 bits per heavy atom. The van der Waals surface area contributed by atoms with Crippen molar-refractivity contribution in [1.82, 2.24) is 20.2 Å². The predicted octanol–water partition coefficient (Wildman–Crippen LogP) is 4.37. The largest absolute Gasteiger partial charge is 0.439 e. The van der Waals surface area contributed by atoms with Gasteiger partial charge in [0.25, 0.3) is 0 Å². The third-order valence-electron chi connectivity index (χ3n) is 4.37. The third-order valence-corrected chi connectivity index (χ3v) is 4.37. The van der Waals surface area contributed by atoms with E-state index in [-0.39, 0.29) is 0 Å². The molecule has 0 atom stereocenters. The fourth-order valence-electron chi connectivity index (χ4n) is 3.12. The Kier molecular flexibility index (Phi) is 4.18. The van der Waals surface area contributed by atoms with Gasteiger partial charge in [-0.15, -0.1) is 10.2 Å². The second kappa shape index (κ2) is 6.78. The molecule has 0 aliphatic heterocycles. The molecule has 1 aliphatic carbocycles. The van der Waals surface area contributed by atoms with Crippen LogP contribution in [0.15, 0.2) is 47.5 Å². The molecule has 0 bridgehead atoms. The minimum absolute atomic E-state index is 0.489. The van der Waals surface area contributed by atoms with Gasteiger partial charge in [-0.3, -0.25) is 0 Å². The fraction of sp³-hybridized carbons (Fsp3) is 0.333. The average molecular weight is 322 g/mol. The van der Waals surface area contributed by atoms with Gasteiger partial charge in [0.1, 0.15) is 12.1 Å². The summed E-state index contributed by atoms with van der Waals surface area (Å²) in [6.07, 6.45) is 9.20. The standard InChI is InChI=1S/C18H18N4O2/c1-2-4-13(5-3-1)16-10-17(20-11-19-16)24-15-8-6-14(7-9-15)18-22-21-12-23-18/h6-13H,1-5H2. The lowest BCUT2D eigenvalue weighted by molar-refractivity contribution is 0.427. The molecular formula is C18H18N4O2. The fourth-order valence-corrected chi connectivity index (χ4v) is 3.12. The molecule has 0 unspecified atom stereocenters. The van der Waals surface area contributed by atoms with Crippen LogP contribution in [-0.2, 0) is 0 Å². The van der Waals surface area contributed by atoms with Crippen molar-refractivity contribution in [2.75, 3.05) is 0 Å². The van der Waals surface area contributed by atoms with Crippen molar-refractivity contribution in [2.45, 2.75) is 38.0 Å². The number of nitrogens with zero attached hydrogens (tertiary/aromatic N) is 4. The van der Waals surface area contributed by atoms with Crippen LogP contribution in [0.2, 0.25) is 0 Å². The number of rotatable bonds is 4. The number of hydrogen-bond acceptors (Lipinski definition) is 6. The molecule has 6 heteroatoms. The van der Waals surface area contributed by atoms with E-state index in [1.165, 1.54) is 38.5 Å². The zero-order chi connectivity index (χ0) is 16.2. The highest BCUT2D eigenvalue weighted by Gasteiger charge is 2.17. The minimum Gasteiger partial charge on any atom is -0.439 e. The third kappa shape index (κ3) is 3.27. The molecule has 24 heavy (non-hydrogen) atoms. The number of benzene rings is 1. The molecule has 122 valence electrons. The maximum Gasteiger partial charge on any atom is 0.247 e. The van der Waals surface area contributed by atoms with Crippen LogP contribution in [0.1, 0.15) is 43.7 Å². The lowest BCUT2D eigenvalue weighted by Crippen LogP contribution is -2.07. The first-order valence-electron chi connectivity index (χ1n) is 8.25. The molecule has 2 aromatic heterocycles. The van der Waals surface area contributed by atoms with Crippen LogP contribution < -0.4 is 4.74 Å². The summed E-state index contributed by atoms with van der Waals surface area (Å²) in [6, 6.07) is 9.45. The summed E-state index contributed by atoms with van der Waals surface area (Å²) in [5.74, 6) is 2.31. The van der Waals surface area contributed by atoms with E-state index in [0.717, 1.165) is 11.3 Å². The molecule has 0 radical (unpaired) electrons. The van der Waals surface area contributed by atoms with Crippen LogP contribution >= 0.6 is 0 Å². The van der Waals surface area contributed by atoms with Crippen molar-refractivity contribution < 1.29 is 9.15 Å². The monoisotopic (exact) mass is 322 g/mol. The molecule has 1 aliphatic rings. The van der Waals surface area contributed by atoms with E-state index in [2.05, 4.69) is 20.2 Å². The Morgan fingerprint density at radius 3 is 2.58 bits per heavy atom. The van der Waals surface area contributed by atoms with E-state index in [4.69, 9.17) is 9.15 Å². The van der Waals surface area contributed by atoms with E-state index in [9.17, 15) is 0 Å². The Morgan fingerprint density at radius 2 is 1.83 bits per heavy atom. The molecule has 0 N–H and O–H groups in total. The van der Waals surface area contributed by atoms with Gasteiger partial charge in [-0.25, -0.2) is 9.97 Å². The molecule has 1 fully saturated rings. The quantitative estimate of drug-likeness (QED) is 0.710. The zero-order valence-corrected chi connectivity index (χ0v) is 13.3. The van der Waals surface area contributed by atoms with Crippen molar-refractivity contribution in [1.29, 1.82) is 0 Å². The van der Waals surface area contributed by atoms with Crippen molar-refractivity contribution in [3.8, 4) is 23.1 Å². The number of aromatic nitrogens is 4. The molecule has 4 rings (SSSR count). The highest BCUT2D eigenvalue weighted by molar-refractivity contribution is 5.53. The van der Waals surface area contributed by atoms with Gasteiger partial charge in [0.05, 0.1) is 5.69 Å². The van der Waals surface area contributed by atoms with Gasteiger partial charge in [0, 0.05) is 17.5 Å². The van der Waals surface area contributed by atoms with E-state index in [1.54, 1.807) is 6.33 Å². The van der Waals surface area contributed by atoms with Crippen LogP contribution in [0.3, 0.4) is 0 Å². The van der Waals surface area contributed by atoms with Crippen molar-refractivity contribution in [3.05, 3.63) is 48.7 Å². The SMILES string of the molecule is c1nc(Oc2ccc(-c3nnco3)cc2)cc(C2CCCCC2)n1. The molecule has 0 spiro atoms. The van der Waals surface area contributed by atoms with Crippen molar-refractivity contribution >= 4 is 0 Å². The van der Waals surface area contributed by atoms with Crippen LogP contribution in [0.4, 0.5) is 0 Å². The minimum atomic E-state index is 0.489. The number of ether oxygens (including phenoxy) is 1. The first kappa shape index (κ1) is 14.8. The molecule has 6 nitrogen and oxygen atoms in total. The van der Waals surface area contributed by atoms with Crippen molar-refractivity contribution in [2.24, 2.45) is 0 Å². The first-order chi connectivity index (χ1) is 11.9. The molecule has 0 amide bonds. The van der Waals surface area contributed by atoms with E-state index >= 15 is 0 Å². The van der Waals surface area contributed by atoms with E-state index in [1.807, 2.05) is 30.3 Å². The van der Waals surface area contributed by atoms with Gasteiger partial charge in [0.15, 0.2) is 0 Å². The Hall–Kier alpha value is -2.76. The molecule has 3 aromatic rings. The molecule has 0 saturated heterocycles. The molecule has 1 aromatic carbocycles. The van der Waals surface area contributed by atoms with Crippen molar-refractivity contribution in [3.63, 3.8) is 0 Å². The Labute approximate surface area is 139 Å². The maximum absolute atomic E-state index is 5.86. The van der Waals surface area contributed by atoms with Gasteiger partial charge in [-0.2, -0.15) is 0 Å². The highest BCUT2D eigenvalue weighted by atomic mass is 16.5. The van der Waals surface area contributed by atoms with Gasteiger partial charge >= 0.3 is 0 Å². The number of hydrogen-bond donors (Lipinski definition) is 0. The summed E-state index contributed by atoms with van der Waals surface area (Å²) in [6.45, 7) is 0. The summed E-state index contributed by atoms with van der Waals surface area (Å²) in [5.41, 5.74) is 1.94. The summed E-state index contributed by atoms with van der Waals surface area (Å²) in [7, 11) is 0. The topological polar surface area (TPSA) is 73.9 Å². The average Bonchev–Trinajstić information content (AvgIpc) is 3.18. The van der Waals surface area contributed by atoms with Crippen LogP contribution in [0, 0.1) is 0 Å². The Balaban J connectivity index is 1.48. The second-order valence-electron chi connectivity index (χ2n) is 5.99. The lowest BCUT2D eigenvalue weighted by Gasteiger charge is -2.20. The van der Waals surface area contributed by atoms with E-state index in [0.29, 0.717) is 23.4 Å². The zero-order valence-electron chi connectivity index (χ0n) is 13.3. The van der Waals surface area contributed by atoms with Crippen LogP contribution in [0.25, 0.3) is 11.5 Å². The predicted molar refractivity (Wildman–Crippen MR) is 87.7 cm³/mol. The molecule has 2 heterocycles. The summed E-state index contributed by atoms with van der Waals surface area (Å²) >= 11 is 0. The first-order valence-corrected chi connectivity index (χ1v) is 8.25. The van der Waals surface area contributed by atoms with Crippen LogP contribution in [0.5, 0.6) is 11.6 Å². The van der Waals surface area contributed by atoms with Gasteiger partial charge in [-0.05, 0) is 37.1 Å². The smallest absolute Gasteiger partial charge is 0.247 e. The molecule has 1 saturated carbocycles. The summed E-state index contributed by atoms with van der Waals surface area (Å²) in [5, 5.41) is 7.56. The van der Waals surface area contributed by atoms with Gasteiger partial charge in [-0.1, -0.05) is 19.3 Å². The summed E-state index contributed by atoms with van der Waals surface area (Å²) < 4.78 is 11.0. The Bertz CT molecular complexity index is 781. The maximum atomic E-state index is 5.86. The molecular weight excluding hydrogens is 304 g/mol. The normalized spacial score (nSPS) is 15.3. The van der Waals surface area contributed by atoms with Gasteiger partial charge in [0.2, 0.25) is 18.2 Å². The van der Waals surface area contributed by atoms with Crippen LogP contribution in [-0.4, -0.2) is 20.2 Å². The van der Waals surface area contributed by atoms with E-state index < -0.39 is 0 Å². The lowest BCUT2D eigenvalue weighted by atomic mass is 9.87. The highest BCUT2D eigenvalue weighted by Crippen LogP contribution is 2.33. The summed E-state index contributed by atoms with van der Waals surface area (Å²) in [4.78, 5) is 8.66.